The van der Waals surface area contributed by atoms with E-state index < -0.39 is 0 Å². The number of hydrogen-bond donors (Lipinski definition) is 2. The molecule has 0 unspecified atom stereocenters. The SMILES string of the molecule is Nc1n[nH]c(CC(=O)N2CCCC2)n1. The maximum atomic E-state index is 11.6. The average Bonchev–Trinajstić information content (AvgIpc) is 2.75. The Morgan fingerprint density at radius 1 is 1.50 bits per heavy atom. The first-order valence-electron chi connectivity index (χ1n) is 4.70. The number of H-pyrrole nitrogens is 1. The van der Waals surface area contributed by atoms with Crippen molar-refractivity contribution in [2.75, 3.05) is 18.8 Å². The van der Waals surface area contributed by atoms with Crippen molar-refractivity contribution in [1.82, 2.24) is 20.1 Å². The molecule has 1 aliphatic rings. The third-order valence-corrected chi connectivity index (χ3v) is 2.33. The molecule has 0 aliphatic carbocycles. The van der Waals surface area contributed by atoms with Gasteiger partial charge in [0.05, 0.1) is 6.42 Å². The molecule has 76 valence electrons. The summed E-state index contributed by atoms with van der Waals surface area (Å²) in [5.74, 6) is 0.826. The van der Waals surface area contributed by atoms with Crippen LogP contribution >= 0.6 is 0 Å². The molecular weight excluding hydrogens is 182 g/mol. The van der Waals surface area contributed by atoms with E-state index in [1.54, 1.807) is 0 Å². The molecule has 1 aliphatic heterocycles. The van der Waals surface area contributed by atoms with Crippen molar-refractivity contribution in [1.29, 1.82) is 0 Å². The minimum Gasteiger partial charge on any atom is -0.367 e. The number of aromatic amines is 1. The normalized spacial score (nSPS) is 16.1. The maximum Gasteiger partial charge on any atom is 0.239 e. The van der Waals surface area contributed by atoms with E-state index in [2.05, 4.69) is 15.2 Å². The third kappa shape index (κ3) is 1.84. The lowest BCUT2D eigenvalue weighted by Gasteiger charge is -2.13. The van der Waals surface area contributed by atoms with Gasteiger partial charge in [-0.1, -0.05) is 0 Å². The van der Waals surface area contributed by atoms with Crippen molar-refractivity contribution >= 4 is 11.9 Å². The van der Waals surface area contributed by atoms with Crippen LogP contribution < -0.4 is 5.73 Å². The second-order valence-electron chi connectivity index (χ2n) is 3.40. The van der Waals surface area contributed by atoms with Gasteiger partial charge >= 0.3 is 0 Å². The third-order valence-electron chi connectivity index (χ3n) is 2.33. The fraction of sp³-hybridized carbons (Fsp3) is 0.625. The zero-order chi connectivity index (χ0) is 9.97. The first-order chi connectivity index (χ1) is 6.75. The Morgan fingerprint density at radius 3 is 2.79 bits per heavy atom. The Labute approximate surface area is 81.5 Å². The number of nitrogens with zero attached hydrogens (tertiary/aromatic N) is 3. The molecule has 0 aromatic carbocycles. The van der Waals surface area contributed by atoms with Crippen LogP contribution in [0.1, 0.15) is 18.7 Å². The van der Waals surface area contributed by atoms with Gasteiger partial charge in [-0.15, -0.1) is 5.10 Å². The summed E-state index contributed by atoms with van der Waals surface area (Å²) in [7, 11) is 0. The molecule has 0 spiro atoms. The first-order valence-corrected chi connectivity index (χ1v) is 4.70. The van der Waals surface area contributed by atoms with Crippen LogP contribution in [0.15, 0.2) is 0 Å². The van der Waals surface area contributed by atoms with E-state index in [0.717, 1.165) is 25.9 Å². The largest absolute Gasteiger partial charge is 0.367 e. The number of nitrogens with one attached hydrogen (secondary N) is 1. The summed E-state index contributed by atoms with van der Waals surface area (Å²) >= 11 is 0. The molecule has 2 heterocycles. The lowest BCUT2D eigenvalue weighted by atomic mass is 10.3. The molecular formula is C8H13N5O. The van der Waals surface area contributed by atoms with E-state index in [-0.39, 0.29) is 18.3 Å². The molecule has 14 heavy (non-hydrogen) atoms. The smallest absolute Gasteiger partial charge is 0.239 e. The van der Waals surface area contributed by atoms with Crippen LogP contribution in [0.3, 0.4) is 0 Å². The van der Waals surface area contributed by atoms with Crippen LogP contribution in [-0.2, 0) is 11.2 Å². The van der Waals surface area contributed by atoms with Gasteiger partial charge < -0.3 is 10.6 Å². The number of hydrogen-bond acceptors (Lipinski definition) is 4. The predicted molar refractivity (Wildman–Crippen MR) is 50.3 cm³/mol. The fourth-order valence-electron chi connectivity index (χ4n) is 1.61. The highest BCUT2D eigenvalue weighted by Gasteiger charge is 2.18. The molecule has 0 radical (unpaired) electrons. The number of nitrogen functional groups attached to an aromatic ring is 1. The number of amides is 1. The molecule has 1 aromatic heterocycles. The van der Waals surface area contributed by atoms with Crippen LogP contribution in [-0.4, -0.2) is 39.1 Å². The molecule has 0 bridgehead atoms. The van der Waals surface area contributed by atoms with Crippen molar-refractivity contribution in [3.05, 3.63) is 5.82 Å². The number of aromatic nitrogens is 3. The van der Waals surface area contributed by atoms with Gasteiger partial charge in [0.15, 0.2) is 0 Å². The number of anilines is 1. The van der Waals surface area contributed by atoms with Gasteiger partial charge in [-0.3, -0.25) is 9.89 Å². The molecule has 1 aromatic rings. The van der Waals surface area contributed by atoms with Crippen LogP contribution in [0.25, 0.3) is 0 Å². The summed E-state index contributed by atoms with van der Waals surface area (Å²) in [6.07, 6.45) is 2.47. The van der Waals surface area contributed by atoms with Crippen LogP contribution in [0.2, 0.25) is 0 Å². The minimum atomic E-state index is 0.0960. The second kappa shape index (κ2) is 3.65. The molecule has 3 N–H and O–H groups in total. The maximum absolute atomic E-state index is 11.6. The van der Waals surface area contributed by atoms with E-state index >= 15 is 0 Å². The molecule has 0 atom stereocenters. The average molecular weight is 195 g/mol. The Hall–Kier alpha value is -1.59. The van der Waals surface area contributed by atoms with Gasteiger partial charge in [0.2, 0.25) is 11.9 Å². The molecule has 2 rings (SSSR count). The van der Waals surface area contributed by atoms with Crippen molar-refractivity contribution in [3.8, 4) is 0 Å². The minimum absolute atomic E-state index is 0.0960. The van der Waals surface area contributed by atoms with Gasteiger partial charge in [-0.25, -0.2) is 0 Å². The highest BCUT2D eigenvalue weighted by atomic mass is 16.2. The monoisotopic (exact) mass is 195 g/mol. The van der Waals surface area contributed by atoms with E-state index in [0.29, 0.717) is 5.82 Å². The van der Waals surface area contributed by atoms with E-state index in [1.165, 1.54) is 0 Å². The van der Waals surface area contributed by atoms with Gasteiger partial charge in [0.25, 0.3) is 0 Å². The van der Waals surface area contributed by atoms with Crippen LogP contribution in [0.5, 0.6) is 0 Å². The van der Waals surface area contributed by atoms with Crippen molar-refractivity contribution in [2.24, 2.45) is 0 Å². The fourth-order valence-corrected chi connectivity index (χ4v) is 1.61. The van der Waals surface area contributed by atoms with E-state index in [9.17, 15) is 4.79 Å². The molecule has 1 saturated heterocycles. The number of rotatable bonds is 2. The summed E-state index contributed by atoms with van der Waals surface area (Å²) in [5.41, 5.74) is 5.33. The Bertz CT molecular complexity index is 328. The molecule has 1 amide bonds. The number of carbonyl (C=O) groups excluding carboxylic acids is 1. The standard InChI is InChI=1S/C8H13N5O/c9-8-10-6(11-12-8)5-7(14)13-3-1-2-4-13/h1-5H2,(H3,9,10,11,12). The van der Waals surface area contributed by atoms with Crippen molar-refractivity contribution in [2.45, 2.75) is 19.3 Å². The molecule has 1 fully saturated rings. The summed E-state index contributed by atoms with van der Waals surface area (Å²) < 4.78 is 0. The van der Waals surface area contributed by atoms with E-state index in [1.807, 2.05) is 4.90 Å². The zero-order valence-electron chi connectivity index (χ0n) is 7.86. The summed E-state index contributed by atoms with van der Waals surface area (Å²) in [6, 6.07) is 0. The Balaban J connectivity index is 1.93. The number of likely N-dealkylation sites (tertiary alicyclic amines) is 1. The van der Waals surface area contributed by atoms with Crippen molar-refractivity contribution < 1.29 is 4.79 Å². The van der Waals surface area contributed by atoms with Crippen LogP contribution in [0, 0.1) is 0 Å². The van der Waals surface area contributed by atoms with Gasteiger partial charge in [-0.2, -0.15) is 4.98 Å². The zero-order valence-corrected chi connectivity index (χ0v) is 7.86. The van der Waals surface area contributed by atoms with Gasteiger partial charge in [-0.05, 0) is 12.8 Å². The lowest BCUT2D eigenvalue weighted by Crippen LogP contribution is -2.29. The summed E-state index contributed by atoms with van der Waals surface area (Å²) in [5, 5.41) is 6.29. The highest BCUT2D eigenvalue weighted by molar-refractivity contribution is 5.78. The summed E-state index contributed by atoms with van der Waals surface area (Å²) in [6.45, 7) is 1.73. The lowest BCUT2D eigenvalue weighted by molar-refractivity contribution is -0.129. The van der Waals surface area contributed by atoms with Gasteiger partial charge in [0.1, 0.15) is 5.82 Å². The second-order valence-corrected chi connectivity index (χ2v) is 3.40. The predicted octanol–water partition coefficient (Wildman–Crippen LogP) is -0.448. The topological polar surface area (TPSA) is 87.9 Å². The van der Waals surface area contributed by atoms with Crippen molar-refractivity contribution in [3.63, 3.8) is 0 Å². The van der Waals surface area contributed by atoms with E-state index in [4.69, 9.17) is 5.73 Å². The summed E-state index contributed by atoms with van der Waals surface area (Å²) in [4.78, 5) is 17.4. The molecule has 0 saturated carbocycles. The van der Waals surface area contributed by atoms with Crippen LogP contribution in [0.4, 0.5) is 5.95 Å². The van der Waals surface area contributed by atoms with Gasteiger partial charge in [0, 0.05) is 13.1 Å². The number of carbonyl (C=O) groups is 1. The molecule has 6 heteroatoms. The highest BCUT2D eigenvalue weighted by Crippen LogP contribution is 2.09. The number of nitrogens with two attached hydrogens (primary N) is 1. The first kappa shape index (κ1) is 8.98. The Kier molecular flexibility index (Phi) is 2.34. The quantitative estimate of drug-likeness (QED) is 0.669. The molecule has 6 nitrogen and oxygen atoms in total. The Morgan fingerprint density at radius 2 is 2.21 bits per heavy atom.